The van der Waals surface area contributed by atoms with Crippen LogP contribution in [0.5, 0.6) is 0 Å². The first-order valence-corrected chi connectivity index (χ1v) is 8.31. The molecule has 3 aromatic rings. The summed E-state index contributed by atoms with van der Waals surface area (Å²) >= 11 is 0. The number of benzene rings is 1. The highest BCUT2D eigenvalue weighted by molar-refractivity contribution is 5.72. The van der Waals surface area contributed by atoms with Crippen LogP contribution in [-0.2, 0) is 13.0 Å². The molecule has 0 saturated heterocycles. The summed E-state index contributed by atoms with van der Waals surface area (Å²) in [7, 11) is 2.14. The Morgan fingerprint density at radius 3 is 2.84 bits per heavy atom. The molecule has 0 spiro atoms. The molecule has 128 valence electrons. The Morgan fingerprint density at radius 1 is 1.20 bits per heavy atom. The van der Waals surface area contributed by atoms with E-state index >= 15 is 0 Å². The fraction of sp³-hybridized carbons (Fsp3) is 0.278. The third kappa shape index (κ3) is 3.18. The maximum absolute atomic E-state index is 6.16. The Labute approximate surface area is 146 Å². The first kappa shape index (κ1) is 15.6. The van der Waals surface area contributed by atoms with Gasteiger partial charge in [0, 0.05) is 30.4 Å². The molecular weight excluding hydrogens is 314 g/mol. The molecular formula is C18H21N7. The minimum Gasteiger partial charge on any atom is -0.382 e. The Hall–Kier alpha value is -2.93. The number of nitrogens with one attached hydrogen (secondary N) is 2. The second-order valence-electron chi connectivity index (χ2n) is 6.52. The molecule has 4 N–H and O–H groups in total. The van der Waals surface area contributed by atoms with Gasteiger partial charge in [0.05, 0.1) is 6.20 Å². The highest BCUT2D eigenvalue weighted by Gasteiger charge is 2.15. The van der Waals surface area contributed by atoms with Crippen LogP contribution in [0.3, 0.4) is 0 Å². The number of H-pyrrole nitrogens is 1. The van der Waals surface area contributed by atoms with Crippen molar-refractivity contribution in [2.45, 2.75) is 19.9 Å². The van der Waals surface area contributed by atoms with E-state index in [0.29, 0.717) is 23.1 Å². The number of aromatic amines is 1. The Bertz CT molecular complexity index is 916. The summed E-state index contributed by atoms with van der Waals surface area (Å²) in [6.07, 6.45) is 2.76. The van der Waals surface area contributed by atoms with Gasteiger partial charge in [0.25, 0.3) is 0 Å². The summed E-state index contributed by atoms with van der Waals surface area (Å²) in [6, 6.07) is 8.33. The lowest BCUT2D eigenvalue weighted by atomic mass is 9.96. The van der Waals surface area contributed by atoms with Crippen molar-refractivity contribution >= 4 is 17.5 Å². The van der Waals surface area contributed by atoms with Gasteiger partial charge < -0.3 is 16.0 Å². The van der Waals surface area contributed by atoms with Crippen LogP contribution in [0.2, 0.25) is 0 Å². The molecule has 0 saturated carbocycles. The third-order valence-electron chi connectivity index (χ3n) is 4.44. The van der Waals surface area contributed by atoms with Crippen molar-refractivity contribution in [3.63, 3.8) is 0 Å². The average molecular weight is 335 g/mol. The normalized spacial score (nSPS) is 14.3. The van der Waals surface area contributed by atoms with Gasteiger partial charge in [0.1, 0.15) is 5.69 Å². The number of hydrogen-bond acceptors (Lipinski definition) is 6. The molecule has 4 rings (SSSR count). The fourth-order valence-electron chi connectivity index (χ4n) is 3.14. The number of aromatic nitrogens is 4. The summed E-state index contributed by atoms with van der Waals surface area (Å²) in [6.45, 7) is 3.99. The fourth-order valence-corrected chi connectivity index (χ4v) is 3.14. The SMILES string of the molecule is Cc1cc(Nc2cnc(-c3ccc4c(c3)CN(C)CC4)c(N)n2)n[nH]1. The first-order valence-electron chi connectivity index (χ1n) is 8.31. The molecule has 3 heterocycles. The summed E-state index contributed by atoms with van der Waals surface area (Å²) < 4.78 is 0. The van der Waals surface area contributed by atoms with Crippen LogP contribution in [0.1, 0.15) is 16.8 Å². The van der Waals surface area contributed by atoms with Crippen molar-refractivity contribution in [2.75, 3.05) is 24.6 Å². The minimum absolute atomic E-state index is 0.404. The zero-order valence-electron chi connectivity index (χ0n) is 14.4. The van der Waals surface area contributed by atoms with Crippen LogP contribution in [0.25, 0.3) is 11.3 Å². The lowest BCUT2D eigenvalue weighted by Crippen LogP contribution is -2.26. The van der Waals surface area contributed by atoms with E-state index in [1.165, 1.54) is 11.1 Å². The summed E-state index contributed by atoms with van der Waals surface area (Å²) in [5.74, 6) is 1.67. The van der Waals surface area contributed by atoms with E-state index in [-0.39, 0.29) is 0 Å². The number of anilines is 3. The van der Waals surface area contributed by atoms with Gasteiger partial charge in [0.2, 0.25) is 0 Å². The van der Waals surface area contributed by atoms with Crippen molar-refractivity contribution in [1.82, 2.24) is 25.1 Å². The van der Waals surface area contributed by atoms with Crippen LogP contribution >= 0.6 is 0 Å². The standard InChI is InChI=1S/C18H21N7/c1-11-7-15(24-23-11)21-16-9-20-17(18(19)22-16)13-4-3-12-5-6-25(2)10-14(12)8-13/h3-4,7-9H,5-6,10H2,1-2H3,(H4,19,21,22,23,24). The molecule has 0 radical (unpaired) electrons. The number of aryl methyl sites for hydroxylation is 1. The van der Waals surface area contributed by atoms with Gasteiger partial charge in [-0.15, -0.1) is 0 Å². The van der Waals surface area contributed by atoms with E-state index in [1.807, 2.05) is 13.0 Å². The van der Waals surface area contributed by atoms with Crippen molar-refractivity contribution in [3.8, 4) is 11.3 Å². The Balaban J connectivity index is 1.61. The number of hydrogen-bond donors (Lipinski definition) is 3. The number of nitrogens with zero attached hydrogens (tertiary/aromatic N) is 4. The van der Waals surface area contributed by atoms with Gasteiger partial charge in [-0.25, -0.2) is 9.97 Å². The number of nitrogens with two attached hydrogens (primary N) is 1. The minimum atomic E-state index is 0.404. The molecule has 0 fully saturated rings. The third-order valence-corrected chi connectivity index (χ3v) is 4.44. The van der Waals surface area contributed by atoms with Crippen molar-refractivity contribution in [3.05, 3.63) is 47.3 Å². The van der Waals surface area contributed by atoms with Gasteiger partial charge in [-0.3, -0.25) is 5.10 Å². The Kier molecular flexibility index (Phi) is 3.85. The molecule has 7 nitrogen and oxygen atoms in total. The number of likely N-dealkylation sites (N-methyl/N-ethyl adjacent to an activating group) is 1. The lowest BCUT2D eigenvalue weighted by Gasteiger charge is -2.25. The molecule has 1 aliphatic rings. The summed E-state index contributed by atoms with van der Waals surface area (Å²) in [5, 5.41) is 10.1. The first-order chi connectivity index (χ1) is 12.1. The Morgan fingerprint density at radius 2 is 2.08 bits per heavy atom. The molecule has 0 atom stereocenters. The van der Waals surface area contributed by atoms with E-state index in [4.69, 9.17) is 5.73 Å². The monoisotopic (exact) mass is 335 g/mol. The molecule has 0 amide bonds. The van der Waals surface area contributed by atoms with Crippen LogP contribution in [-0.4, -0.2) is 38.7 Å². The largest absolute Gasteiger partial charge is 0.382 e. The molecule has 1 aromatic carbocycles. The molecule has 25 heavy (non-hydrogen) atoms. The maximum Gasteiger partial charge on any atom is 0.153 e. The zero-order valence-corrected chi connectivity index (χ0v) is 14.4. The lowest BCUT2D eigenvalue weighted by molar-refractivity contribution is 0.313. The van der Waals surface area contributed by atoms with Gasteiger partial charge in [-0.05, 0) is 37.6 Å². The highest BCUT2D eigenvalue weighted by atomic mass is 15.2. The van der Waals surface area contributed by atoms with Gasteiger partial charge in [-0.2, -0.15) is 5.10 Å². The number of rotatable bonds is 3. The van der Waals surface area contributed by atoms with E-state index in [0.717, 1.165) is 30.8 Å². The maximum atomic E-state index is 6.16. The average Bonchev–Trinajstić information content (AvgIpc) is 2.99. The second kappa shape index (κ2) is 6.18. The highest BCUT2D eigenvalue weighted by Crippen LogP contribution is 2.28. The molecule has 0 unspecified atom stereocenters. The van der Waals surface area contributed by atoms with E-state index in [9.17, 15) is 0 Å². The van der Waals surface area contributed by atoms with Gasteiger partial charge in [-0.1, -0.05) is 12.1 Å². The van der Waals surface area contributed by atoms with Crippen molar-refractivity contribution < 1.29 is 0 Å². The summed E-state index contributed by atoms with van der Waals surface area (Å²) in [4.78, 5) is 11.3. The van der Waals surface area contributed by atoms with Crippen LogP contribution in [0, 0.1) is 6.92 Å². The molecule has 0 aliphatic carbocycles. The topological polar surface area (TPSA) is 95.8 Å². The van der Waals surface area contributed by atoms with E-state index in [1.54, 1.807) is 6.20 Å². The summed E-state index contributed by atoms with van der Waals surface area (Å²) in [5.41, 5.74) is 11.6. The quantitative estimate of drug-likeness (QED) is 0.680. The van der Waals surface area contributed by atoms with Crippen LogP contribution in [0.4, 0.5) is 17.5 Å². The van der Waals surface area contributed by atoms with Crippen molar-refractivity contribution in [1.29, 1.82) is 0 Å². The van der Waals surface area contributed by atoms with Crippen LogP contribution < -0.4 is 11.1 Å². The predicted octanol–water partition coefficient (Wildman–Crippen LogP) is 2.49. The molecule has 7 heteroatoms. The number of fused-ring (bicyclic) bond motifs is 1. The molecule has 1 aliphatic heterocycles. The predicted molar refractivity (Wildman–Crippen MR) is 98.5 cm³/mol. The number of nitrogen functional groups attached to an aromatic ring is 1. The van der Waals surface area contributed by atoms with E-state index in [2.05, 4.69) is 55.6 Å². The second-order valence-corrected chi connectivity index (χ2v) is 6.52. The zero-order chi connectivity index (χ0) is 17.4. The van der Waals surface area contributed by atoms with Gasteiger partial charge >= 0.3 is 0 Å². The van der Waals surface area contributed by atoms with Crippen LogP contribution in [0.15, 0.2) is 30.5 Å². The smallest absolute Gasteiger partial charge is 0.153 e. The molecule has 0 bridgehead atoms. The van der Waals surface area contributed by atoms with E-state index < -0.39 is 0 Å². The van der Waals surface area contributed by atoms with Crippen molar-refractivity contribution in [2.24, 2.45) is 0 Å². The molecule has 2 aromatic heterocycles. The van der Waals surface area contributed by atoms with Gasteiger partial charge in [0.15, 0.2) is 17.5 Å².